The Bertz CT molecular complexity index is 261. The van der Waals surface area contributed by atoms with E-state index < -0.39 is 0 Å². The number of hydrogen-bond acceptors (Lipinski definition) is 3. The molecular weight excluding hydrogens is 228 g/mol. The van der Waals surface area contributed by atoms with E-state index in [9.17, 15) is 4.79 Å². The lowest BCUT2D eigenvalue weighted by atomic mass is 9.94. The van der Waals surface area contributed by atoms with Crippen molar-refractivity contribution in [1.82, 2.24) is 10.6 Å². The maximum atomic E-state index is 12.0. The smallest absolute Gasteiger partial charge is 0.237 e. The van der Waals surface area contributed by atoms with Crippen LogP contribution in [0.2, 0.25) is 0 Å². The zero-order chi connectivity index (χ0) is 13.6. The summed E-state index contributed by atoms with van der Waals surface area (Å²) in [6, 6.07) is 0.166. The first kappa shape index (κ1) is 15.4. The topological polar surface area (TPSA) is 61.4 Å². The van der Waals surface area contributed by atoms with Crippen LogP contribution in [0.4, 0.5) is 0 Å². The van der Waals surface area contributed by atoms with E-state index >= 15 is 0 Å². The number of nitrogens with one attached hydrogen (secondary N) is 2. The number of aliphatic hydroxyl groups is 1. The molecule has 0 aromatic heterocycles. The van der Waals surface area contributed by atoms with Crippen LogP contribution in [0.3, 0.4) is 0 Å². The fourth-order valence-electron chi connectivity index (χ4n) is 2.15. The first-order chi connectivity index (χ1) is 8.44. The van der Waals surface area contributed by atoms with Gasteiger partial charge in [0.2, 0.25) is 5.91 Å². The molecule has 1 aliphatic rings. The Hall–Kier alpha value is -0.610. The van der Waals surface area contributed by atoms with Crippen LogP contribution in [-0.2, 0) is 4.79 Å². The van der Waals surface area contributed by atoms with E-state index in [0.717, 1.165) is 12.8 Å². The highest BCUT2D eigenvalue weighted by Crippen LogP contribution is 2.17. The number of hydrogen-bond donors (Lipinski definition) is 3. The highest BCUT2D eigenvalue weighted by molar-refractivity contribution is 5.81. The third-order valence-electron chi connectivity index (χ3n) is 3.66. The molecule has 0 aromatic carbocycles. The highest BCUT2D eigenvalue weighted by atomic mass is 16.3. The molecule has 1 atom stereocenters. The zero-order valence-electron chi connectivity index (χ0n) is 12.0. The lowest BCUT2D eigenvalue weighted by molar-refractivity contribution is -0.123. The van der Waals surface area contributed by atoms with Crippen LogP contribution in [-0.4, -0.2) is 36.2 Å². The van der Waals surface area contributed by atoms with Gasteiger partial charge in [0.05, 0.1) is 6.04 Å². The normalized spacial score (nSPS) is 19.6. The Morgan fingerprint density at radius 3 is 2.50 bits per heavy atom. The number of carbonyl (C=O) groups is 1. The molecule has 1 aliphatic carbocycles. The largest absolute Gasteiger partial charge is 0.396 e. The summed E-state index contributed by atoms with van der Waals surface area (Å²) in [6.07, 6.45) is 5.97. The summed E-state index contributed by atoms with van der Waals surface area (Å²) in [4.78, 5) is 12.0. The first-order valence-corrected chi connectivity index (χ1v) is 7.09. The van der Waals surface area contributed by atoms with Gasteiger partial charge >= 0.3 is 0 Å². The van der Waals surface area contributed by atoms with Gasteiger partial charge in [0, 0.05) is 24.6 Å². The average molecular weight is 256 g/mol. The van der Waals surface area contributed by atoms with E-state index in [1.807, 2.05) is 20.8 Å². The third-order valence-corrected chi connectivity index (χ3v) is 3.66. The maximum Gasteiger partial charge on any atom is 0.237 e. The number of aliphatic hydroxyl groups excluding tert-OH is 1. The monoisotopic (exact) mass is 256 g/mol. The van der Waals surface area contributed by atoms with Gasteiger partial charge in [-0.2, -0.15) is 0 Å². The summed E-state index contributed by atoms with van der Waals surface area (Å²) >= 11 is 0. The summed E-state index contributed by atoms with van der Waals surface area (Å²) in [7, 11) is 0. The molecule has 1 saturated carbocycles. The quantitative estimate of drug-likeness (QED) is 0.674. The molecule has 1 fully saturated rings. The van der Waals surface area contributed by atoms with Crippen molar-refractivity contribution in [2.45, 2.75) is 65.0 Å². The molecule has 1 amide bonds. The molecule has 0 saturated heterocycles. The van der Waals surface area contributed by atoms with Crippen molar-refractivity contribution >= 4 is 5.91 Å². The molecule has 1 rings (SSSR count). The summed E-state index contributed by atoms with van der Waals surface area (Å²) in [6.45, 7) is 6.60. The van der Waals surface area contributed by atoms with E-state index in [1.165, 1.54) is 19.3 Å². The number of carbonyl (C=O) groups excluding carboxylic acids is 1. The molecule has 4 heteroatoms. The van der Waals surface area contributed by atoms with Crippen LogP contribution < -0.4 is 10.6 Å². The molecule has 18 heavy (non-hydrogen) atoms. The Balaban J connectivity index is 2.27. The molecule has 106 valence electrons. The Labute approximate surface area is 111 Å². The maximum absolute atomic E-state index is 12.0. The van der Waals surface area contributed by atoms with Crippen molar-refractivity contribution in [3.63, 3.8) is 0 Å². The lowest BCUT2D eigenvalue weighted by Gasteiger charge is -2.27. The van der Waals surface area contributed by atoms with Crippen molar-refractivity contribution in [2.75, 3.05) is 13.2 Å². The Kier molecular flexibility index (Phi) is 6.09. The minimum atomic E-state index is -0.197. The highest BCUT2D eigenvalue weighted by Gasteiger charge is 2.22. The van der Waals surface area contributed by atoms with Crippen molar-refractivity contribution in [3.8, 4) is 0 Å². The predicted octanol–water partition coefficient (Wildman–Crippen LogP) is 1.43. The molecule has 0 bridgehead atoms. The molecule has 0 heterocycles. The molecular formula is C14H28N2O2. The van der Waals surface area contributed by atoms with Gasteiger partial charge in [-0.15, -0.1) is 0 Å². The fourth-order valence-corrected chi connectivity index (χ4v) is 2.15. The van der Waals surface area contributed by atoms with Crippen LogP contribution in [0.1, 0.15) is 52.9 Å². The van der Waals surface area contributed by atoms with Gasteiger partial charge in [-0.1, -0.05) is 33.1 Å². The van der Waals surface area contributed by atoms with E-state index in [0.29, 0.717) is 12.6 Å². The van der Waals surface area contributed by atoms with Gasteiger partial charge in [0.15, 0.2) is 0 Å². The van der Waals surface area contributed by atoms with Gasteiger partial charge in [-0.3, -0.25) is 4.79 Å². The predicted molar refractivity (Wildman–Crippen MR) is 73.3 cm³/mol. The van der Waals surface area contributed by atoms with Crippen molar-refractivity contribution in [2.24, 2.45) is 5.41 Å². The van der Waals surface area contributed by atoms with Crippen LogP contribution in [0.25, 0.3) is 0 Å². The van der Waals surface area contributed by atoms with Crippen LogP contribution in [0.5, 0.6) is 0 Å². The summed E-state index contributed by atoms with van der Waals surface area (Å²) in [5.74, 6) is 0.0793. The van der Waals surface area contributed by atoms with E-state index in [-0.39, 0.29) is 24.0 Å². The van der Waals surface area contributed by atoms with Gasteiger partial charge in [0.25, 0.3) is 0 Å². The van der Waals surface area contributed by atoms with Crippen molar-refractivity contribution in [3.05, 3.63) is 0 Å². The van der Waals surface area contributed by atoms with E-state index in [2.05, 4.69) is 10.6 Å². The molecule has 0 aromatic rings. The minimum absolute atomic E-state index is 0.0793. The lowest BCUT2D eigenvalue weighted by Crippen LogP contribution is -2.49. The second kappa shape index (κ2) is 7.10. The Morgan fingerprint density at radius 1 is 1.33 bits per heavy atom. The van der Waals surface area contributed by atoms with Crippen molar-refractivity contribution in [1.29, 1.82) is 0 Å². The average Bonchev–Trinajstić information content (AvgIpc) is 2.37. The molecule has 4 nitrogen and oxygen atoms in total. The van der Waals surface area contributed by atoms with Gasteiger partial charge in [-0.25, -0.2) is 0 Å². The second-order valence-corrected chi connectivity index (χ2v) is 6.27. The number of amides is 1. The number of rotatable bonds is 6. The molecule has 0 aliphatic heterocycles. The van der Waals surface area contributed by atoms with Crippen LogP contribution in [0.15, 0.2) is 0 Å². The van der Waals surface area contributed by atoms with Crippen molar-refractivity contribution < 1.29 is 9.90 Å². The van der Waals surface area contributed by atoms with Gasteiger partial charge < -0.3 is 15.7 Å². The first-order valence-electron chi connectivity index (χ1n) is 7.09. The fraction of sp³-hybridized carbons (Fsp3) is 0.929. The second-order valence-electron chi connectivity index (χ2n) is 6.27. The molecule has 3 N–H and O–H groups in total. The standard InChI is InChI=1S/C14H28N2O2/c1-11(15-9-14(2,3)10-17)13(18)16-12-7-5-4-6-8-12/h11-12,15,17H,4-10H2,1-3H3,(H,16,18). The minimum Gasteiger partial charge on any atom is -0.396 e. The van der Waals surface area contributed by atoms with Crippen LogP contribution in [0, 0.1) is 5.41 Å². The summed E-state index contributed by atoms with van der Waals surface area (Å²) in [5, 5.41) is 15.5. The summed E-state index contributed by atoms with van der Waals surface area (Å²) in [5.41, 5.74) is -0.181. The molecule has 0 radical (unpaired) electrons. The van der Waals surface area contributed by atoms with Gasteiger partial charge in [0.1, 0.15) is 0 Å². The molecule has 1 unspecified atom stereocenters. The summed E-state index contributed by atoms with van der Waals surface area (Å²) < 4.78 is 0. The zero-order valence-corrected chi connectivity index (χ0v) is 12.0. The SMILES string of the molecule is CC(NCC(C)(C)CO)C(=O)NC1CCCCC1. The van der Waals surface area contributed by atoms with Crippen LogP contribution >= 0.6 is 0 Å². The van der Waals surface area contributed by atoms with E-state index in [1.54, 1.807) is 0 Å². The van der Waals surface area contributed by atoms with E-state index in [4.69, 9.17) is 5.11 Å². The van der Waals surface area contributed by atoms with Gasteiger partial charge in [-0.05, 0) is 19.8 Å². The molecule has 0 spiro atoms. The third kappa shape index (κ3) is 5.36. The Morgan fingerprint density at radius 2 is 1.94 bits per heavy atom.